The number of hydrogen-bond donors (Lipinski definition) is 1. The zero-order chi connectivity index (χ0) is 21.4. The van der Waals surface area contributed by atoms with Crippen LogP contribution in [0.1, 0.15) is 43.2 Å². The average molecular weight is 471 g/mol. The lowest BCUT2D eigenvalue weighted by Gasteiger charge is -2.62. The van der Waals surface area contributed by atoms with Crippen molar-refractivity contribution in [3.63, 3.8) is 0 Å². The Morgan fingerprint density at radius 1 is 1.06 bits per heavy atom. The van der Waals surface area contributed by atoms with Crippen molar-refractivity contribution < 1.29 is 4.74 Å². The third-order valence-corrected chi connectivity index (χ3v) is 8.29. The van der Waals surface area contributed by atoms with Crippen molar-refractivity contribution in [1.29, 1.82) is 0 Å². The molecule has 0 amide bonds. The Bertz CT molecular complexity index is 1210. The van der Waals surface area contributed by atoms with Gasteiger partial charge in [0.15, 0.2) is 5.15 Å². The summed E-state index contributed by atoms with van der Waals surface area (Å²) in [6, 6.07) is 5.22. The van der Waals surface area contributed by atoms with Crippen molar-refractivity contribution in [3.05, 3.63) is 40.3 Å². The molecule has 1 N–H and O–H groups in total. The molecule has 2 aliphatic carbocycles. The Morgan fingerprint density at radius 3 is 2.59 bits per heavy atom. The van der Waals surface area contributed by atoms with E-state index >= 15 is 0 Å². The minimum absolute atomic E-state index is 0.427. The van der Waals surface area contributed by atoms with Crippen molar-refractivity contribution in [2.24, 2.45) is 5.41 Å². The van der Waals surface area contributed by atoms with E-state index in [4.69, 9.17) is 32.9 Å². The second-order valence-electron chi connectivity index (χ2n) is 9.98. The van der Waals surface area contributed by atoms with Crippen LogP contribution in [0, 0.1) is 5.41 Å². The monoisotopic (exact) mass is 470 g/mol. The van der Waals surface area contributed by atoms with Gasteiger partial charge < -0.3 is 10.1 Å². The van der Waals surface area contributed by atoms with Crippen molar-refractivity contribution in [2.45, 2.75) is 43.7 Å². The quantitative estimate of drug-likeness (QED) is 0.577. The Hall–Kier alpha value is -1.93. The van der Waals surface area contributed by atoms with E-state index in [9.17, 15) is 0 Å². The number of hydrogen-bond acceptors (Lipinski definition) is 6. The molecule has 2 aromatic heterocycles. The van der Waals surface area contributed by atoms with Crippen molar-refractivity contribution in [3.8, 4) is 0 Å². The Balaban J connectivity index is 1.09. The van der Waals surface area contributed by atoms with Gasteiger partial charge in [-0.1, -0.05) is 23.2 Å². The number of aromatic nitrogens is 4. The van der Waals surface area contributed by atoms with E-state index in [1.54, 1.807) is 6.20 Å². The average Bonchev–Trinajstić information content (AvgIpc) is 3.46. The highest BCUT2D eigenvalue weighted by Gasteiger charge is 2.54. The summed E-state index contributed by atoms with van der Waals surface area (Å²) in [7, 11) is 0. The molecule has 4 fully saturated rings. The third-order valence-electron chi connectivity index (χ3n) is 7.58. The van der Waals surface area contributed by atoms with Gasteiger partial charge in [0, 0.05) is 29.7 Å². The number of rotatable bonds is 5. The summed E-state index contributed by atoms with van der Waals surface area (Å²) < 4.78 is 7.21. The van der Waals surface area contributed by atoms with E-state index in [1.165, 1.54) is 31.5 Å². The number of benzene rings is 1. The van der Waals surface area contributed by atoms with E-state index < -0.39 is 0 Å². The summed E-state index contributed by atoms with van der Waals surface area (Å²) in [4.78, 5) is 11.8. The maximum atomic E-state index is 6.68. The molecule has 7 nitrogen and oxygen atoms in total. The van der Waals surface area contributed by atoms with Crippen LogP contribution in [-0.2, 0) is 4.74 Å². The number of fused-ring (bicyclic) bond motifs is 1. The first-order chi connectivity index (χ1) is 15.6. The molecule has 0 radical (unpaired) electrons. The molecule has 2 aliphatic heterocycles. The van der Waals surface area contributed by atoms with Crippen LogP contribution in [-0.4, -0.2) is 57.0 Å². The molecule has 1 aromatic carbocycles. The predicted octanol–water partition coefficient (Wildman–Crippen LogP) is 4.79. The second kappa shape index (κ2) is 7.03. The number of ether oxygens (including phenoxy) is 1. The fourth-order valence-corrected chi connectivity index (χ4v) is 6.14. The highest BCUT2D eigenvalue weighted by molar-refractivity contribution is 6.32. The fraction of sp³-hybridized carbons (Fsp3) is 0.522. The molecular weight excluding hydrogens is 447 g/mol. The highest BCUT2D eigenvalue weighted by Crippen LogP contribution is 2.57. The summed E-state index contributed by atoms with van der Waals surface area (Å²) >= 11 is 13.2. The van der Waals surface area contributed by atoms with E-state index in [-0.39, 0.29) is 0 Å². The summed E-state index contributed by atoms with van der Waals surface area (Å²) in [5.74, 6) is 1.02. The summed E-state index contributed by atoms with van der Waals surface area (Å²) in [5, 5.41) is 9.99. The van der Waals surface area contributed by atoms with Gasteiger partial charge in [-0.15, -0.1) is 0 Å². The predicted molar refractivity (Wildman–Crippen MR) is 124 cm³/mol. The SMILES string of the molecule is Clc1cc2cnc(Nc3cnn(C4CC4)c3Cl)nc2cc1C1CC2(C1)CN(C1COC1)C2. The zero-order valence-electron chi connectivity index (χ0n) is 17.6. The largest absolute Gasteiger partial charge is 0.378 e. The number of halogens is 2. The van der Waals surface area contributed by atoms with Gasteiger partial charge in [-0.3, -0.25) is 4.90 Å². The molecule has 166 valence electrons. The highest BCUT2D eigenvalue weighted by atomic mass is 35.5. The van der Waals surface area contributed by atoms with Crippen molar-refractivity contribution in [2.75, 3.05) is 31.6 Å². The normalized spacial score (nSPS) is 23.2. The molecule has 32 heavy (non-hydrogen) atoms. The topological polar surface area (TPSA) is 68.1 Å². The Labute approximate surface area is 196 Å². The lowest BCUT2D eigenvalue weighted by molar-refractivity contribution is -0.158. The lowest BCUT2D eigenvalue weighted by Crippen LogP contribution is -2.67. The van der Waals surface area contributed by atoms with Gasteiger partial charge in [-0.2, -0.15) is 5.10 Å². The second-order valence-corrected chi connectivity index (χ2v) is 10.7. The third kappa shape index (κ3) is 3.13. The van der Waals surface area contributed by atoms with Gasteiger partial charge in [-0.05, 0) is 54.7 Å². The van der Waals surface area contributed by atoms with E-state index in [1.807, 2.05) is 16.9 Å². The van der Waals surface area contributed by atoms with Crippen LogP contribution in [0.15, 0.2) is 24.5 Å². The lowest BCUT2D eigenvalue weighted by atomic mass is 9.56. The summed E-state index contributed by atoms with van der Waals surface area (Å²) in [5.41, 5.74) is 3.32. The van der Waals surface area contributed by atoms with Gasteiger partial charge >= 0.3 is 0 Å². The van der Waals surface area contributed by atoms with Gasteiger partial charge in [-0.25, -0.2) is 14.6 Å². The van der Waals surface area contributed by atoms with Gasteiger partial charge in [0.2, 0.25) is 5.95 Å². The van der Waals surface area contributed by atoms with Crippen LogP contribution < -0.4 is 5.32 Å². The van der Waals surface area contributed by atoms with Crippen molar-refractivity contribution >= 4 is 45.7 Å². The van der Waals surface area contributed by atoms with Gasteiger partial charge in [0.05, 0.1) is 42.7 Å². The molecule has 2 saturated heterocycles. The molecule has 4 heterocycles. The van der Waals surface area contributed by atoms with Gasteiger partial charge in [0.25, 0.3) is 0 Å². The zero-order valence-corrected chi connectivity index (χ0v) is 19.1. The first kappa shape index (κ1) is 19.5. The van der Waals surface area contributed by atoms with Gasteiger partial charge in [0.1, 0.15) is 0 Å². The smallest absolute Gasteiger partial charge is 0.227 e. The molecular formula is C23H24Cl2N6O. The minimum Gasteiger partial charge on any atom is -0.378 e. The molecule has 4 aliphatic rings. The molecule has 2 saturated carbocycles. The van der Waals surface area contributed by atoms with Crippen LogP contribution in [0.3, 0.4) is 0 Å². The molecule has 1 spiro atoms. The number of likely N-dealkylation sites (tertiary alicyclic amines) is 1. The van der Waals surface area contributed by atoms with E-state index in [0.29, 0.717) is 34.5 Å². The van der Waals surface area contributed by atoms with E-state index in [2.05, 4.69) is 26.4 Å². The fourth-order valence-electron chi connectivity index (χ4n) is 5.54. The van der Waals surface area contributed by atoms with Crippen LogP contribution in [0.25, 0.3) is 10.9 Å². The molecule has 0 bridgehead atoms. The maximum Gasteiger partial charge on any atom is 0.227 e. The maximum absolute atomic E-state index is 6.68. The molecule has 9 heteroatoms. The molecule has 7 rings (SSSR count). The number of anilines is 2. The number of nitrogens with zero attached hydrogens (tertiary/aromatic N) is 5. The van der Waals surface area contributed by atoms with Crippen molar-refractivity contribution in [1.82, 2.24) is 24.6 Å². The number of nitrogens with one attached hydrogen (secondary N) is 1. The van der Waals surface area contributed by atoms with E-state index in [0.717, 1.165) is 47.7 Å². The summed E-state index contributed by atoms with van der Waals surface area (Å²) in [6.07, 6.45) is 8.22. The first-order valence-electron chi connectivity index (χ1n) is 11.3. The molecule has 0 unspecified atom stereocenters. The summed E-state index contributed by atoms with van der Waals surface area (Å²) in [6.45, 7) is 4.21. The standard InChI is InChI=1S/C23H24Cl2N6O/c24-18-3-13-7-26-22(29-20-8-27-31(21(20)25)15-1-2-15)28-19(13)4-17(18)14-5-23(6-14)11-30(12-23)16-9-32-10-16/h3-4,7-8,14-16H,1-2,5-6,9-12H2,(H,26,28,29). The minimum atomic E-state index is 0.427. The Kier molecular flexibility index (Phi) is 4.29. The van der Waals surface area contributed by atoms with Crippen LogP contribution in [0.5, 0.6) is 0 Å². The van der Waals surface area contributed by atoms with Crippen LogP contribution in [0.2, 0.25) is 10.2 Å². The first-order valence-corrected chi connectivity index (χ1v) is 12.1. The van der Waals surface area contributed by atoms with Crippen LogP contribution >= 0.6 is 23.2 Å². The Morgan fingerprint density at radius 2 is 1.88 bits per heavy atom. The molecule has 3 aromatic rings. The van der Waals surface area contributed by atoms with Crippen LogP contribution in [0.4, 0.5) is 11.6 Å². The molecule has 0 atom stereocenters.